The molecule has 1 fully saturated rings. The van der Waals surface area contributed by atoms with Gasteiger partial charge in [-0.1, -0.05) is 12.5 Å². The third-order valence-corrected chi connectivity index (χ3v) is 4.27. The molecule has 9 heteroatoms. The van der Waals surface area contributed by atoms with Gasteiger partial charge in [0.25, 0.3) is 0 Å². The number of alkyl halides is 3. The zero-order valence-corrected chi connectivity index (χ0v) is 15.3. The number of halogens is 4. The molecule has 0 heterocycles. The highest BCUT2D eigenvalue weighted by Gasteiger charge is 2.29. The maximum Gasteiger partial charge on any atom is 0.422 e. The van der Waals surface area contributed by atoms with Crippen LogP contribution in [0, 0.1) is 5.92 Å². The summed E-state index contributed by atoms with van der Waals surface area (Å²) in [6, 6.07) is 4.62. The van der Waals surface area contributed by atoms with E-state index in [1.165, 1.54) is 13.2 Å². The molecule has 1 aliphatic carbocycles. The molecule has 2 atom stereocenters. The lowest BCUT2D eigenvalue weighted by Gasteiger charge is -2.16. The molecule has 0 unspecified atom stereocenters. The van der Waals surface area contributed by atoms with Crippen LogP contribution < -0.4 is 20.5 Å². The summed E-state index contributed by atoms with van der Waals surface area (Å²) in [5, 5.41) is 2.80. The van der Waals surface area contributed by atoms with E-state index in [9.17, 15) is 18.0 Å². The molecule has 1 saturated carbocycles. The molecular weight excluding hydrogens is 373 g/mol. The normalized spacial score (nSPS) is 19.6. The lowest BCUT2D eigenvalue weighted by atomic mass is 10.00. The summed E-state index contributed by atoms with van der Waals surface area (Å²) >= 11 is 0. The van der Waals surface area contributed by atoms with E-state index < -0.39 is 12.8 Å². The number of nitrogens with one attached hydrogen (secondary N) is 1. The van der Waals surface area contributed by atoms with Crippen LogP contribution in [-0.2, 0) is 11.3 Å². The first kappa shape index (κ1) is 22.4. The fourth-order valence-electron chi connectivity index (χ4n) is 2.93. The highest BCUT2D eigenvalue weighted by atomic mass is 35.5. The van der Waals surface area contributed by atoms with E-state index >= 15 is 0 Å². The summed E-state index contributed by atoms with van der Waals surface area (Å²) in [7, 11) is 1.35. The minimum Gasteiger partial charge on any atom is -0.493 e. The minimum atomic E-state index is -4.42. The highest BCUT2D eigenvalue weighted by Crippen LogP contribution is 2.30. The predicted octanol–water partition coefficient (Wildman–Crippen LogP) is 3.19. The average molecular weight is 397 g/mol. The molecule has 1 aromatic carbocycles. The number of benzene rings is 1. The number of hydrogen-bond acceptors (Lipinski definition) is 4. The maximum atomic E-state index is 12.2. The third-order valence-electron chi connectivity index (χ3n) is 4.27. The molecule has 2 rings (SSSR count). The number of carbonyl (C=O) groups is 1. The molecule has 3 N–H and O–H groups in total. The van der Waals surface area contributed by atoms with E-state index in [2.05, 4.69) is 5.32 Å². The summed E-state index contributed by atoms with van der Waals surface area (Å²) < 4.78 is 46.5. The second kappa shape index (κ2) is 9.87. The van der Waals surface area contributed by atoms with Crippen LogP contribution in [-0.4, -0.2) is 31.8 Å². The summed E-state index contributed by atoms with van der Waals surface area (Å²) in [6.45, 7) is -1.13. The Kier molecular flexibility index (Phi) is 8.49. The van der Waals surface area contributed by atoms with Gasteiger partial charge in [0.05, 0.1) is 7.11 Å². The Morgan fingerprint density at radius 2 is 2.04 bits per heavy atom. The van der Waals surface area contributed by atoms with Gasteiger partial charge < -0.3 is 20.5 Å². The van der Waals surface area contributed by atoms with Crippen molar-refractivity contribution in [3.8, 4) is 11.5 Å². The van der Waals surface area contributed by atoms with Crippen molar-refractivity contribution >= 4 is 18.3 Å². The van der Waals surface area contributed by atoms with Crippen LogP contribution in [0.1, 0.15) is 31.2 Å². The Bertz CT molecular complexity index is 599. The van der Waals surface area contributed by atoms with Crippen LogP contribution in [0.5, 0.6) is 11.5 Å². The SMILES string of the molecule is COc1cc(CNC(=O)C[C@@H]2CCC[C@H]2N)ccc1OCC(F)(F)F.Cl. The standard InChI is InChI=1S/C17H23F3N2O3.ClH/c1-24-15-7-11(5-6-14(15)25-10-17(18,19)20)9-22-16(23)8-12-3-2-4-13(12)21;/h5-7,12-13H,2-4,8-10,21H2,1H3,(H,22,23);1H/t12-,13+;/m0./s1. The monoisotopic (exact) mass is 396 g/mol. The zero-order chi connectivity index (χ0) is 18.4. The molecule has 148 valence electrons. The van der Waals surface area contributed by atoms with Gasteiger partial charge in [0.15, 0.2) is 18.1 Å². The maximum absolute atomic E-state index is 12.2. The van der Waals surface area contributed by atoms with Crippen molar-refractivity contribution in [1.29, 1.82) is 0 Å². The molecule has 0 bridgehead atoms. The number of rotatable bonds is 7. The number of ether oxygens (including phenoxy) is 2. The van der Waals surface area contributed by atoms with Crippen molar-refractivity contribution in [3.05, 3.63) is 23.8 Å². The van der Waals surface area contributed by atoms with Crippen molar-refractivity contribution in [2.45, 2.75) is 44.4 Å². The Balaban J connectivity index is 0.00000338. The molecule has 1 aromatic rings. The summed E-state index contributed by atoms with van der Waals surface area (Å²) in [5.74, 6) is 0.326. The van der Waals surface area contributed by atoms with Crippen LogP contribution in [0.4, 0.5) is 13.2 Å². The topological polar surface area (TPSA) is 73.6 Å². The Morgan fingerprint density at radius 1 is 1.31 bits per heavy atom. The number of carbonyl (C=O) groups excluding carboxylic acids is 1. The zero-order valence-electron chi connectivity index (χ0n) is 14.5. The molecular formula is C17H24ClF3N2O3. The number of methoxy groups -OCH3 is 1. The lowest BCUT2D eigenvalue weighted by Crippen LogP contribution is -2.31. The molecule has 0 saturated heterocycles. The van der Waals surface area contributed by atoms with Crippen molar-refractivity contribution in [2.75, 3.05) is 13.7 Å². The number of hydrogen-bond donors (Lipinski definition) is 2. The van der Waals surface area contributed by atoms with E-state index in [1.54, 1.807) is 12.1 Å². The Hall–Kier alpha value is -1.67. The molecule has 0 aliphatic heterocycles. The van der Waals surface area contributed by atoms with Crippen LogP contribution in [0.15, 0.2) is 18.2 Å². The largest absolute Gasteiger partial charge is 0.493 e. The van der Waals surface area contributed by atoms with Crippen molar-refractivity contribution < 1.29 is 27.4 Å². The predicted molar refractivity (Wildman–Crippen MR) is 93.6 cm³/mol. The molecule has 1 aliphatic rings. The molecule has 5 nitrogen and oxygen atoms in total. The second-order valence-corrected chi connectivity index (χ2v) is 6.22. The van der Waals surface area contributed by atoms with E-state index in [-0.39, 0.29) is 48.3 Å². The summed E-state index contributed by atoms with van der Waals surface area (Å²) in [6.07, 6.45) is -1.05. The Morgan fingerprint density at radius 3 is 2.62 bits per heavy atom. The van der Waals surface area contributed by atoms with Crippen LogP contribution in [0.2, 0.25) is 0 Å². The first-order chi connectivity index (χ1) is 11.8. The van der Waals surface area contributed by atoms with Crippen LogP contribution >= 0.6 is 12.4 Å². The van der Waals surface area contributed by atoms with E-state index in [1.807, 2.05) is 0 Å². The average Bonchev–Trinajstić information content (AvgIpc) is 2.95. The molecule has 0 radical (unpaired) electrons. The lowest BCUT2D eigenvalue weighted by molar-refractivity contribution is -0.153. The Labute approximate surface area is 156 Å². The minimum absolute atomic E-state index is 0. The van der Waals surface area contributed by atoms with E-state index in [0.717, 1.165) is 19.3 Å². The van der Waals surface area contributed by atoms with Crippen molar-refractivity contribution in [3.63, 3.8) is 0 Å². The quantitative estimate of drug-likeness (QED) is 0.742. The van der Waals surface area contributed by atoms with Crippen molar-refractivity contribution in [1.82, 2.24) is 5.32 Å². The van der Waals surface area contributed by atoms with Gasteiger partial charge in [0, 0.05) is 19.0 Å². The second-order valence-electron chi connectivity index (χ2n) is 6.22. The molecule has 1 amide bonds. The van der Waals surface area contributed by atoms with Gasteiger partial charge in [0.2, 0.25) is 5.91 Å². The van der Waals surface area contributed by atoms with Gasteiger partial charge in [-0.05, 0) is 36.5 Å². The van der Waals surface area contributed by atoms with Gasteiger partial charge in [-0.2, -0.15) is 13.2 Å². The van der Waals surface area contributed by atoms with E-state index in [4.69, 9.17) is 15.2 Å². The fourth-order valence-corrected chi connectivity index (χ4v) is 2.93. The first-order valence-corrected chi connectivity index (χ1v) is 8.17. The van der Waals surface area contributed by atoms with Crippen LogP contribution in [0.25, 0.3) is 0 Å². The molecule has 0 spiro atoms. The smallest absolute Gasteiger partial charge is 0.422 e. The third kappa shape index (κ3) is 6.92. The van der Waals surface area contributed by atoms with E-state index in [0.29, 0.717) is 12.0 Å². The van der Waals surface area contributed by atoms with Gasteiger partial charge in [-0.3, -0.25) is 4.79 Å². The molecule has 26 heavy (non-hydrogen) atoms. The first-order valence-electron chi connectivity index (χ1n) is 8.17. The van der Waals surface area contributed by atoms with Crippen LogP contribution in [0.3, 0.4) is 0 Å². The highest BCUT2D eigenvalue weighted by molar-refractivity contribution is 5.85. The number of amides is 1. The van der Waals surface area contributed by atoms with Crippen molar-refractivity contribution in [2.24, 2.45) is 11.7 Å². The molecule has 0 aromatic heterocycles. The summed E-state index contributed by atoms with van der Waals surface area (Å²) in [4.78, 5) is 12.0. The van der Waals surface area contributed by atoms with Gasteiger partial charge in [0.1, 0.15) is 0 Å². The van der Waals surface area contributed by atoms with Gasteiger partial charge in [-0.15, -0.1) is 12.4 Å². The number of nitrogens with two attached hydrogens (primary N) is 1. The van der Waals surface area contributed by atoms with Gasteiger partial charge in [-0.25, -0.2) is 0 Å². The van der Waals surface area contributed by atoms with Gasteiger partial charge >= 0.3 is 6.18 Å². The fraction of sp³-hybridized carbons (Fsp3) is 0.588. The summed E-state index contributed by atoms with van der Waals surface area (Å²) in [5.41, 5.74) is 6.67.